The van der Waals surface area contributed by atoms with E-state index in [1.807, 2.05) is 172 Å². The molecule has 0 spiro atoms. The maximum absolute atomic E-state index is 5.30. The quantitative estimate of drug-likeness (QED) is 0.104. The Kier molecular flexibility index (Phi) is 19.2. The highest BCUT2D eigenvalue weighted by atomic mass is 15.1. The van der Waals surface area contributed by atoms with Crippen LogP contribution in [0.4, 0.5) is 0 Å². The summed E-state index contributed by atoms with van der Waals surface area (Å²) in [6.07, 6.45) is 26.4. The van der Waals surface area contributed by atoms with Crippen LogP contribution in [0, 0.1) is 0 Å². The first kappa shape index (κ1) is 82.8. The summed E-state index contributed by atoms with van der Waals surface area (Å²) >= 11 is 0. The SMILES string of the molecule is c1ccc2nc(-c3ccc(-c4ccc5c(c4)c4cc(-c6ccc(-c7ccc8ccccc8n7)cn6)c6ccccc6c4n5-c4ccc(-c5cc6cccnc6c6ncccc56)cn4)nc3)ccc2c1.c1cnc2c(c1)cc(-c1ccc(-c3ccc4c(c3)c3cc(-c5ccc(-c6cc7cccnc7c7ncccc67)cn5)c5ccccc5c3n4-c3ccc(-c4cc5cccnc5c5ncccc45)cn3)nc1)c1cccnc12. The Bertz CT molecular complexity index is 10700. The van der Waals surface area contributed by atoms with Crippen LogP contribution >= 0.6 is 0 Å². The van der Waals surface area contributed by atoms with Gasteiger partial charge in [0.15, 0.2) is 0 Å². The maximum Gasteiger partial charge on any atom is 0.137 e. The lowest BCUT2D eigenvalue weighted by atomic mass is 9.95. The van der Waals surface area contributed by atoms with Crippen molar-refractivity contribution in [2.24, 2.45) is 0 Å². The van der Waals surface area contributed by atoms with Gasteiger partial charge in [-0.15, -0.1) is 0 Å². The molecule has 30 aromatic rings. The second-order valence-electron chi connectivity index (χ2n) is 36.8. The van der Waals surface area contributed by atoms with Gasteiger partial charge in [-0.25, -0.2) is 19.9 Å². The fraction of sp³-hybridized carbons (Fsp3) is 0. The Balaban J connectivity index is 0.000000139. The molecule has 0 amide bonds. The summed E-state index contributed by atoms with van der Waals surface area (Å²) in [6, 6.07) is 127. The average molecular weight is 1860 g/mol. The van der Waals surface area contributed by atoms with Gasteiger partial charge < -0.3 is 0 Å². The van der Waals surface area contributed by atoms with Crippen molar-refractivity contribution in [3.63, 3.8) is 0 Å². The molecular weight excluding hydrogens is 1790 g/mol. The highest BCUT2D eigenvalue weighted by molar-refractivity contribution is 6.25. The van der Waals surface area contributed by atoms with Gasteiger partial charge in [-0.1, -0.05) is 170 Å². The van der Waals surface area contributed by atoms with Crippen LogP contribution in [0.3, 0.4) is 0 Å². The van der Waals surface area contributed by atoms with Gasteiger partial charge in [0.25, 0.3) is 0 Å². The summed E-state index contributed by atoms with van der Waals surface area (Å²) in [5, 5.41) is 19.2. The van der Waals surface area contributed by atoms with E-state index in [2.05, 4.69) is 303 Å². The van der Waals surface area contributed by atoms with E-state index < -0.39 is 0 Å². The van der Waals surface area contributed by atoms with E-state index in [-0.39, 0.29) is 0 Å². The lowest BCUT2D eigenvalue weighted by Crippen LogP contribution is -1.98. The maximum atomic E-state index is 5.30. The van der Waals surface area contributed by atoms with Crippen molar-refractivity contribution >= 4 is 174 Å². The average Bonchev–Trinajstić information content (AvgIpc) is 1.56. The Hall–Kier alpha value is -20.2. The molecule has 676 valence electrons. The fourth-order valence-electron chi connectivity index (χ4n) is 21.7. The normalized spacial score (nSPS) is 11.8. The molecule has 0 saturated carbocycles. The predicted octanol–water partition coefficient (Wildman–Crippen LogP) is 30.4. The third-order valence-corrected chi connectivity index (χ3v) is 28.6. The topological polar surface area (TPSA) is 216 Å². The number of hydrogen-bond donors (Lipinski definition) is 0. The van der Waals surface area contributed by atoms with Gasteiger partial charge in [-0.3, -0.25) is 68.9 Å². The molecule has 0 aliphatic carbocycles. The Morgan fingerprint density at radius 1 is 0.151 bits per heavy atom. The highest BCUT2D eigenvalue weighted by Crippen LogP contribution is 2.48. The van der Waals surface area contributed by atoms with Crippen LogP contribution in [0.5, 0.6) is 0 Å². The minimum absolute atomic E-state index is 0.800. The third kappa shape index (κ3) is 13.8. The Morgan fingerprint density at radius 2 is 0.432 bits per heavy atom. The first-order chi connectivity index (χ1) is 72.4. The minimum Gasteiger partial charge on any atom is -0.293 e. The molecule has 18 heterocycles. The molecule has 0 unspecified atom stereocenters. The van der Waals surface area contributed by atoms with E-state index in [9.17, 15) is 0 Å². The molecule has 0 fully saturated rings. The van der Waals surface area contributed by atoms with Crippen LogP contribution in [-0.2, 0) is 0 Å². The van der Waals surface area contributed by atoms with Crippen LogP contribution in [0.1, 0.15) is 0 Å². The molecule has 0 bridgehead atoms. The van der Waals surface area contributed by atoms with Crippen molar-refractivity contribution in [2.75, 3.05) is 0 Å². The van der Waals surface area contributed by atoms with E-state index in [1.54, 1.807) is 0 Å². The molecule has 12 aromatic carbocycles. The van der Waals surface area contributed by atoms with Crippen molar-refractivity contribution in [3.05, 3.63) is 451 Å². The second-order valence-corrected chi connectivity index (χ2v) is 36.8. The van der Waals surface area contributed by atoms with E-state index in [0.717, 1.165) is 298 Å². The minimum atomic E-state index is 0.800. The summed E-state index contributed by atoms with van der Waals surface area (Å²) in [5.74, 6) is 1.61. The number of pyridine rings is 16. The molecule has 0 saturated heterocycles. The van der Waals surface area contributed by atoms with Gasteiger partial charge in [-0.2, -0.15) is 0 Å². The van der Waals surface area contributed by atoms with Gasteiger partial charge >= 0.3 is 0 Å². The van der Waals surface area contributed by atoms with Gasteiger partial charge in [0.1, 0.15) is 11.6 Å². The number of nitrogens with zero attached hydrogens (tertiary/aromatic N) is 18. The molecule has 18 nitrogen and oxygen atoms in total. The molecule has 30 rings (SSSR count). The lowest BCUT2D eigenvalue weighted by Gasteiger charge is -2.14. The zero-order valence-electron chi connectivity index (χ0n) is 77.8. The van der Waals surface area contributed by atoms with Gasteiger partial charge in [-0.05, 0) is 227 Å². The van der Waals surface area contributed by atoms with Crippen molar-refractivity contribution in [3.8, 4) is 124 Å². The number of para-hydroxylation sites is 2. The molecule has 0 radical (unpaired) electrons. The fourth-order valence-corrected chi connectivity index (χ4v) is 21.7. The molecule has 0 atom stereocenters. The van der Waals surface area contributed by atoms with Crippen LogP contribution in [0.2, 0.25) is 0 Å². The molecule has 18 heteroatoms. The number of benzene rings is 12. The standard InChI is InChI=1S/C67H38N10.C61H36N8/c1-2-13-50-46(12-1)54(58-22-18-44(37-75-58)52-33-41-10-4-26-69-62(41)65-48(52)15-7-29-72-65)35-56-55-31-39(57-21-17-43(36-74-57)51-32-40-9-3-25-68-61(40)64-47(51)14-6-28-71-64)19-23-59(55)77(67(50)56)60-24-20-45(38-76-60)53-34-42-11-5-27-70-63(42)66-49(53)16-8-30-73-66;1-5-15-52-37(9-1)17-24-54(67-52)42-19-23-51(64-35-42)39-21-27-57-49(31-39)50-33-48(56-26-20-43(36-65-56)55-25-18-38-10-2-6-16-53(38)68-55)44-12-3-4-13-46(44)61(50)69(57)58-28-22-41(34-66-58)47-32-40-11-7-29-62-59(40)60-45(47)14-8-30-63-60/h1-38H;1-36H. The van der Waals surface area contributed by atoms with Crippen LogP contribution < -0.4 is 0 Å². The van der Waals surface area contributed by atoms with Gasteiger partial charge in [0, 0.05) is 229 Å². The zero-order chi connectivity index (χ0) is 96.0. The molecule has 0 aliphatic rings. The molecule has 0 N–H and O–H groups in total. The van der Waals surface area contributed by atoms with Gasteiger partial charge in [0.05, 0.1) is 111 Å². The van der Waals surface area contributed by atoms with Crippen LogP contribution in [0.25, 0.3) is 298 Å². The lowest BCUT2D eigenvalue weighted by molar-refractivity contribution is 1.08. The number of rotatable bonds is 12. The summed E-state index contributed by atoms with van der Waals surface area (Å²) < 4.78 is 4.61. The first-order valence-corrected chi connectivity index (χ1v) is 48.4. The highest BCUT2D eigenvalue weighted by Gasteiger charge is 2.27. The predicted molar refractivity (Wildman–Crippen MR) is 591 cm³/mol. The molecule has 0 aliphatic heterocycles. The van der Waals surface area contributed by atoms with Crippen molar-refractivity contribution in [2.45, 2.75) is 0 Å². The molecular formula is C128H74N18. The Labute approximate surface area is 831 Å². The van der Waals surface area contributed by atoms with Crippen molar-refractivity contribution in [1.29, 1.82) is 0 Å². The van der Waals surface area contributed by atoms with Crippen molar-refractivity contribution < 1.29 is 0 Å². The second kappa shape index (κ2) is 33.8. The largest absolute Gasteiger partial charge is 0.293 e. The van der Waals surface area contributed by atoms with E-state index in [4.69, 9.17) is 64.8 Å². The molecule has 18 aromatic heterocycles. The monoisotopic (exact) mass is 1860 g/mol. The zero-order valence-corrected chi connectivity index (χ0v) is 77.8. The van der Waals surface area contributed by atoms with Crippen LogP contribution in [0.15, 0.2) is 451 Å². The van der Waals surface area contributed by atoms with Crippen LogP contribution in [-0.4, -0.2) is 88.9 Å². The first-order valence-electron chi connectivity index (χ1n) is 48.4. The van der Waals surface area contributed by atoms with E-state index in [1.165, 1.54) is 0 Å². The number of hydrogen-bond acceptors (Lipinski definition) is 16. The van der Waals surface area contributed by atoms with E-state index in [0.29, 0.717) is 0 Å². The third-order valence-electron chi connectivity index (χ3n) is 28.6. The van der Waals surface area contributed by atoms with Crippen molar-refractivity contribution in [1.82, 2.24) is 88.9 Å². The smallest absolute Gasteiger partial charge is 0.137 e. The van der Waals surface area contributed by atoms with E-state index >= 15 is 0 Å². The number of fused-ring (bicyclic) bond motifs is 24. The van der Waals surface area contributed by atoms with Gasteiger partial charge in [0.2, 0.25) is 0 Å². The summed E-state index contributed by atoms with van der Waals surface area (Å²) in [7, 11) is 0. The molecule has 146 heavy (non-hydrogen) atoms. The summed E-state index contributed by atoms with van der Waals surface area (Å²) in [6.45, 7) is 0. The number of aromatic nitrogens is 18. The Morgan fingerprint density at radius 3 is 0.774 bits per heavy atom. The summed E-state index contributed by atoms with van der Waals surface area (Å²) in [5.41, 5.74) is 32.6. The summed E-state index contributed by atoms with van der Waals surface area (Å²) in [4.78, 5) is 78.8.